The Kier molecular flexibility index (Phi) is 7.38. The van der Waals surface area contributed by atoms with E-state index in [1.54, 1.807) is 12.1 Å². The Balaban J connectivity index is 1.16. The predicted octanol–water partition coefficient (Wildman–Crippen LogP) is 5.28. The highest BCUT2D eigenvalue weighted by Gasteiger charge is 2.34. The molecule has 1 aromatic heterocycles. The minimum atomic E-state index is -0.381. The van der Waals surface area contributed by atoms with Gasteiger partial charge < -0.3 is 20.4 Å². The number of hydrogen-bond donors (Lipinski definition) is 3. The van der Waals surface area contributed by atoms with Crippen LogP contribution >= 0.6 is 0 Å². The number of imidazole rings is 1. The number of para-hydroxylation sites is 3. The number of aromatic nitrogens is 2. The van der Waals surface area contributed by atoms with Crippen molar-refractivity contribution in [1.29, 1.82) is 0 Å². The van der Waals surface area contributed by atoms with Crippen LogP contribution in [0.2, 0.25) is 0 Å². The highest BCUT2D eigenvalue weighted by Crippen LogP contribution is 2.40. The zero-order valence-electron chi connectivity index (χ0n) is 23.0. The first kappa shape index (κ1) is 26.8. The van der Waals surface area contributed by atoms with Crippen LogP contribution in [0.15, 0.2) is 97.1 Å². The van der Waals surface area contributed by atoms with Crippen molar-refractivity contribution in [2.24, 2.45) is 0 Å². The van der Waals surface area contributed by atoms with Crippen molar-refractivity contribution in [2.45, 2.75) is 18.9 Å². The molecule has 2 amide bonds. The molecule has 0 fully saturated rings. The number of nitrogens with zero attached hydrogens (tertiary/aromatic N) is 2. The van der Waals surface area contributed by atoms with Crippen molar-refractivity contribution in [1.82, 2.24) is 15.3 Å². The van der Waals surface area contributed by atoms with E-state index in [0.29, 0.717) is 23.7 Å². The maximum atomic E-state index is 13.8. The number of fused-ring (bicyclic) bond motifs is 3. The highest BCUT2D eigenvalue weighted by molar-refractivity contribution is 6.11. The lowest BCUT2D eigenvalue weighted by atomic mass is 9.86. The third kappa shape index (κ3) is 5.44. The second-order valence-corrected chi connectivity index (χ2v) is 10.1. The fourth-order valence-electron chi connectivity index (χ4n) is 5.33. The summed E-state index contributed by atoms with van der Waals surface area (Å²) in [7, 11) is 1.35. The van der Waals surface area contributed by atoms with Crippen LogP contribution in [0.5, 0.6) is 0 Å². The van der Waals surface area contributed by atoms with Gasteiger partial charge in [-0.25, -0.2) is 4.98 Å². The molecule has 5 aromatic rings. The van der Waals surface area contributed by atoms with Crippen LogP contribution in [0.25, 0.3) is 11.0 Å². The van der Waals surface area contributed by atoms with Crippen molar-refractivity contribution >= 4 is 46.1 Å². The molecule has 1 atom stereocenters. The molecule has 0 radical (unpaired) electrons. The fourth-order valence-corrected chi connectivity index (χ4v) is 5.33. The van der Waals surface area contributed by atoms with E-state index in [4.69, 9.17) is 4.74 Å². The Morgan fingerprint density at radius 1 is 0.905 bits per heavy atom. The van der Waals surface area contributed by atoms with Gasteiger partial charge in [0.2, 0.25) is 11.9 Å². The summed E-state index contributed by atoms with van der Waals surface area (Å²) in [4.78, 5) is 48.5. The first-order chi connectivity index (χ1) is 20.5. The van der Waals surface area contributed by atoms with E-state index < -0.39 is 0 Å². The van der Waals surface area contributed by atoms with Gasteiger partial charge in [0.25, 0.3) is 5.91 Å². The summed E-state index contributed by atoms with van der Waals surface area (Å²) in [6.07, 6.45) is 0.0824. The normalized spacial score (nSPS) is 14.1. The lowest BCUT2D eigenvalue weighted by Gasteiger charge is -2.24. The summed E-state index contributed by atoms with van der Waals surface area (Å²) in [6, 6.07) is 30.1. The van der Waals surface area contributed by atoms with Gasteiger partial charge in [-0.05, 0) is 53.1 Å². The summed E-state index contributed by atoms with van der Waals surface area (Å²) < 4.78 is 4.96. The molecule has 0 saturated heterocycles. The second kappa shape index (κ2) is 11.6. The monoisotopic (exact) mass is 559 g/mol. The largest absolute Gasteiger partial charge is 0.469 e. The third-order valence-electron chi connectivity index (χ3n) is 7.41. The number of carbonyl (C=O) groups excluding carboxylic acids is 3. The number of aromatic amines is 1. The number of esters is 1. The summed E-state index contributed by atoms with van der Waals surface area (Å²) in [5.41, 5.74) is 6.19. The van der Waals surface area contributed by atoms with E-state index in [-0.39, 0.29) is 36.7 Å². The van der Waals surface area contributed by atoms with Gasteiger partial charge >= 0.3 is 5.97 Å². The molecule has 0 aliphatic carbocycles. The van der Waals surface area contributed by atoms with E-state index in [9.17, 15) is 14.4 Å². The SMILES string of the molecule is COC(=O)CC1c2ccccc2C(=O)N(CC(=O)NCc2ccc(Nc3nc4ccccc4[nH]3)cc2)c2ccccc21. The standard InChI is InChI=1S/C33H29N5O4/c1-42-31(40)18-26-23-8-2-3-10-25(23)32(41)38(29-13-7-4-9-24(26)29)20-30(39)34-19-21-14-16-22(17-15-21)35-33-36-27-11-5-6-12-28(27)37-33/h2-17,26H,18-20H2,1H3,(H,34,39)(H2,35,36,37). The van der Waals surface area contributed by atoms with E-state index in [1.165, 1.54) is 12.0 Å². The van der Waals surface area contributed by atoms with Gasteiger partial charge in [-0.3, -0.25) is 19.3 Å². The van der Waals surface area contributed by atoms with Crippen LogP contribution < -0.4 is 15.5 Å². The summed E-state index contributed by atoms with van der Waals surface area (Å²) in [5, 5.41) is 6.20. The fraction of sp³-hybridized carbons (Fsp3) is 0.152. The molecule has 42 heavy (non-hydrogen) atoms. The van der Waals surface area contributed by atoms with Crippen molar-refractivity contribution in [3.05, 3.63) is 119 Å². The first-order valence-electron chi connectivity index (χ1n) is 13.6. The number of ether oxygens (including phenoxy) is 1. The molecular formula is C33H29N5O4. The van der Waals surface area contributed by atoms with Gasteiger partial charge in [0.1, 0.15) is 6.54 Å². The maximum absolute atomic E-state index is 13.8. The molecule has 3 N–H and O–H groups in total. The topological polar surface area (TPSA) is 116 Å². The molecule has 9 heteroatoms. The minimum absolute atomic E-state index is 0.0824. The number of H-pyrrole nitrogens is 1. The molecule has 0 spiro atoms. The van der Waals surface area contributed by atoms with E-state index in [1.807, 2.05) is 84.9 Å². The molecule has 1 unspecified atom stereocenters. The van der Waals surface area contributed by atoms with Crippen molar-refractivity contribution in [3.8, 4) is 0 Å². The number of hydrogen-bond acceptors (Lipinski definition) is 6. The van der Waals surface area contributed by atoms with E-state index in [2.05, 4.69) is 20.6 Å². The average Bonchev–Trinajstić information content (AvgIpc) is 3.40. The van der Waals surface area contributed by atoms with Gasteiger partial charge in [0, 0.05) is 29.4 Å². The molecule has 210 valence electrons. The Morgan fingerprint density at radius 2 is 1.62 bits per heavy atom. The van der Waals surface area contributed by atoms with Crippen LogP contribution in [-0.2, 0) is 20.9 Å². The first-order valence-corrected chi connectivity index (χ1v) is 13.6. The van der Waals surface area contributed by atoms with Gasteiger partial charge in [0.15, 0.2) is 0 Å². The maximum Gasteiger partial charge on any atom is 0.306 e. The van der Waals surface area contributed by atoms with Gasteiger partial charge in [0.05, 0.1) is 24.6 Å². The molecule has 9 nitrogen and oxygen atoms in total. The summed E-state index contributed by atoms with van der Waals surface area (Å²) >= 11 is 0. The minimum Gasteiger partial charge on any atom is -0.469 e. The van der Waals surface area contributed by atoms with Crippen molar-refractivity contribution < 1.29 is 19.1 Å². The molecule has 0 saturated carbocycles. The quantitative estimate of drug-likeness (QED) is 0.223. The predicted molar refractivity (Wildman–Crippen MR) is 161 cm³/mol. The molecule has 1 aliphatic heterocycles. The summed E-state index contributed by atoms with van der Waals surface area (Å²) in [5.74, 6) is -0.696. The number of rotatable bonds is 8. The molecule has 1 aliphatic rings. The number of carbonyl (C=O) groups is 3. The number of nitrogens with one attached hydrogen (secondary N) is 3. The molecule has 4 aromatic carbocycles. The van der Waals surface area contributed by atoms with Gasteiger partial charge in [-0.1, -0.05) is 60.7 Å². The number of anilines is 3. The zero-order valence-corrected chi connectivity index (χ0v) is 23.0. The number of amides is 2. The molecule has 6 rings (SSSR count). The van der Waals surface area contributed by atoms with E-state index in [0.717, 1.165) is 33.4 Å². The van der Waals surface area contributed by atoms with Crippen LogP contribution in [0.1, 0.15) is 39.4 Å². The Hall–Kier alpha value is -5.44. The van der Waals surface area contributed by atoms with Crippen LogP contribution in [-0.4, -0.2) is 41.4 Å². The lowest BCUT2D eigenvalue weighted by Crippen LogP contribution is -2.40. The van der Waals surface area contributed by atoms with Crippen LogP contribution in [0.4, 0.5) is 17.3 Å². The number of methoxy groups -OCH3 is 1. The van der Waals surface area contributed by atoms with Crippen molar-refractivity contribution in [2.75, 3.05) is 23.9 Å². The Bertz CT molecular complexity index is 1750. The molecule has 0 bridgehead atoms. The Labute approximate surface area is 242 Å². The Morgan fingerprint density at radius 3 is 2.40 bits per heavy atom. The summed E-state index contributed by atoms with van der Waals surface area (Å²) in [6.45, 7) is 0.135. The lowest BCUT2D eigenvalue weighted by molar-refractivity contribution is -0.140. The zero-order chi connectivity index (χ0) is 29.1. The van der Waals surface area contributed by atoms with Gasteiger partial charge in [-0.15, -0.1) is 0 Å². The number of benzene rings is 4. The second-order valence-electron chi connectivity index (χ2n) is 10.1. The average molecular weight is 560 g/mol. The van der Waals surface area contributed by atoms with E-state index >= 15 is 0 Å². The van der Waals surface area contributed by atoms with Crippen LogP contribution in [0, 0.1) is 0 Å². The molecule has 2 heterocycles. The van der Waals surface area contributed by atoms with Gasteiger partial charge in [-0.2, -0.15) is 0 Å². The van der Waals surface area contributed by atoms with Crippen molar-refractivity contribution in [3.63, 3.8) is 0 Å². The third-order valence-corrected chi connectivity index (χ3v) is 7.41. The smallest absolute Gasteiger partial charge is 0.306 e. The highest BCUT2D eigenvalue weighted by atomic mass is 16.5. The molecular weight excluding hydrogens is 530 g/mol. The van der Waals surface area contributed by atoms with Crippen LogP contribution in [0.3, 0.4) is 0 Å².